The average Bonchev–Trinajstić information content (AvgIpc) is 2.58. The van der Waals surface area contributed by atoms with Crippen LogP contribution in [-0.2, 0) is 0 Å². The molecule has 0 atom stereocenters. The molecule has 2 N–H and O–H groups in total. The van der Waals surface area contributed by atoms with Gasteiger partial charge in [0, 0.05) is 17.6 Å². The standard InChI is InChI=1S/C18H16N4O/c1-13-7-5-6-10-15(13)21-18-19-12-11-16(22-18)17(23)20-14-8-3-2-4-9-14/h2-12H,1H3,(H,20,23)(H,19,21,22). The highest BCUT2D eigenvalue weighted by Gasteiger charge is 2.09. The molecule has 5 nitrogen and oxygen atoms in total. The number of benzene rings is 2. The van der Waals surface area contributed by atoms with Crippen LogP contribution in [0.3, 0.4) is 0 Å². The lowest BCUT2D eigenvalue weighted by Gasteiger charge is -2.09. The van der Waals surface area contributed by atoms with Crippen molar-refractivity contribution in [3.8, 4) is 0 Å². The van der Waals surface area contributed by atoms with Crippen molar-refractivity contribution in [1.29, 1.82) is 0 Å². The summed E-state index contributed by atoms with van der Waals surface area (Å²) in [5.41, 5.74) is 3.02. The molecule has 2 aromatic carbocycles. The van der Waals surface area contributed by atoms with Gasteiger partial charge in [0.25, 0.3) is 5.91 Å². The number of amides is 1. The average molecular weight is 304 g/mol. The van der Waals surface area contributed by atoms with Gasteiger partial charge in [-0.15, -0.1) is 0 Å². The number of nitrogens with zero attached hydrogens (tertiary/aromatic N) is 2. The Morgan fingerprint density at radius 1 is 0.957 bits per heavy atom. The third-order valence-corrected chi connectivity index (χ3v) is 3.31. The van der Waals surface area contributed by atoms with Gasteiger partial charge in [-0.05, 0) is 36.8 Å². The van der Waals surface area contributed by atoms with Crippen molar-refractivity contribution in [2.45, 2.75) is 6.92 Å². The van der Waals surface area contributed by atoms with Crippen LogP contribution in [0.25, 0.3) is 0 Å². The van der Waals surface area contributed by atoms with Crippen LogP contribution >= 0.6 is 0 Å². The Kier molecular flexibility index (Phi) is 4.29. The van der Waals surface area contributed by atoms with Gasteiger partial charge in [-0.1, -0.05) is 36.4 Å². The summed E-state index contributed by atoms with van der Waals surface area (Å²) in [5.74, 6) is 0.117. The number of anilines is 3. The predicted octanol–water partition coefficient (Wildman–Crippen LogP) is 3.78. The molecule has 0 radical (unpaired) electrons. The Hall–Kier alpha value is -3.21. The summed E-state index contributed by atoms with van der Waals surface area (Å²) in [5, 5.41) is 5.93. The summed E-state index contributed by atoms with van der Waals surface area (Å²) in [6.07, 6.45) is 1.56. The van der Waals surface area contributed by atoms with Gasteiger partial charge in [-0.3, -0.25) is 4.79 Å². The quantitative estimate of drug-likeness (QED) is 0.769. The maximum Gasteiger partial charge on any atom is 0.274 e. The summed E-state index contributed by atoms with van der Waals surface area (Å²) >= 11 is 0. The number of aromatic nitrogens is 2. The van der Waals surface area contributed by atoms with E-state index in [1.165, 1.54) is 0 Å². The molecule has 5 heteroatoms. The van der Waals surface area contributed by atoms with E-state index in [-0.39, 0.29) is 5.91 Å². The molecule has 23 heavy (non-hydrogen) atoms. The molecule has 0 aliphatic heterocycles. The van der Waals surface area contributed by atoms with Crippen LogP contribution in [0.15, 0.2) is 66.9 Å². The maximum atomic E-state index is 12.3. The zero-order valence-electron chi connectivity index (χ0n) is 12.7. The summed E-state index contributed by atoms with van der Waals surface area (Å²) in [4.78, 5) is 20.7. The minimum absolute atomic E-state index is 0.272. The van der Waals surface area contributed by atoms with Gasteiger partial charge in [0.15, 0.2) is 0 Å². The van der Waals surface area contributed by atoms with E-state index in [0.29, 0.717) is 11.6 Å². The predicted molar refractivity (Wildman–Crippen MR) is 90.9 cm³/mol. The monoisotopic (exact) mass is 304 g/mol. The second kappa shape index (κ2) is 6.70. The van der Waals surface area contributed by atoms with Crippen molar-refractivity contribution in [1.82, 2.24) is 9.97 Å². The molecule has 114 valence electrons. The highest BCUT2D eigenvalue weighted by atomic mass is 16.1. The Morgan fingerprint density at radius 3 is 2.48 bits per heavy atom. The highest BCUT2D eigenvalue weighted by Crippen LogP contribution is 2.17. The molecule has 1 heterocycles. The van der Waals surface area contributed by atoms with E-state index in [9.17, 15) is 4.79 Å². The fraction of sp³-hybridized carbons (Fsp3) is 0.0556. The fourth-order valence-electron chi connectivity index (χ4n) is 2.10. The van der Waals surface area contributed by atoms with Crippen molar-refractivity contribution < 1.29 is 4.79 Å². The van der Waals surface area contributed by atoms with Crippen LogP contribution in [0.2, 0.25) is 0 Å². The van der Waals surface area contributed by atoms with Crippen molar-refractivity contribution in [3.05, 3.63) is 78.1 Å². The normalized spacial score (nSPS) is 10.1. The van der Waals surface area contributed by atoms with Crippen LogP contribution in [0.4, 0.5) is 17.3 Å². The van der Waals surface area contributed by atoms with E-state index in [2.05, 4.69) is 20.6 Å². The van der Waals surface area contributed by atoms with Crippen LogP contribution in [0, 0.1) is 6.92 Å². The van der Waals surface area contributed by atoms with Gasteiger partial charge in [0.2, 0.25) is 5.95 Å². The summed E-state index contributed by atoms with van der Waals surface area (Å²) in [7, 11) is 0. The van der Waals surface area contributed by atoms with Crippen LogP contribution in [0.5, 0.6) is 0 Å². The van der Waals surface area contributed by atoms with Crippen molar-refractivity contribution in [3.63, 3.8) is 0 Å². The van der Waals surface area contributed by atoms with Gasteiger partial charge < -0.3 is 10.6 Å². The van der Waals surface area contributed by atoms with E-state index < -0.39 is 0 Å². The third kappa shape index (κ3) is 3.71. The lowest BCUT2D eigenvalue weighted by atomic mass is 10.2. The number of aryl methyl sites for hydroxylation is 1. The molecule has 0 saturated heterocycles. The minimum atomic E-state index is -0.272. The molecule has 0 spiro atoms. The molecule has 1 aromatic heterocycles. The minimum Gasteiger partial charge on any atom is -0.324 e. The lowest BCUT2D eigenvalue weighted by molar-refractivity contribution is 0.102. The van der Waals surface area contributed by atoms with Crippen LogP contribution in [0.1, 0.15) is 16.1 Å². The van der Waals surface area contributed by atoms with Gasteiger partial charge in [0.05, 0.1) is 0 Å². The molecule has 0 aliphatic rings. The zero-order chi connectivity index (χ0) is 16.1. The first kappa shape index (κ1) is 14.7. The summed E-state index contributed by atoms with van der Waals surface area (Å²) in [6.45, 7) is 1.99. The van der Waals surface area contributed by atoms with Crippen LogP contribution < -0.4 is 10.6 Å². The van der Waals surface area contributed by atoms with Crippen LogP contribution in [-0.4, -0.2) is 15.9 Å². The molecule has 0 saturated carbocycles. The van der Waals surface area contributed by atoms with Gasteiger partial charge in [-0.2, -0.15) is 0 Å². The molecule has 0 bridgehead atoms. The second-order valence-corrected chi connectivity index (χ2v) is 5.03. The summed E-state index contributed by atoms with van der Waals surface area (Å²) in [6, 6.07) is 18.7. The Morgan fingerprint density at radius 2 is 1.70 bits per heavy atom. The molecule has 3 aromatic rings. The number of hydrogen-bond acceptors (Lipinski definition) is 4. The number of carbonyl (C=O) groups is 1. The smallest absolute Gasteiger partial charge is 0.274 e. The molecular weight excluding hydrogens is 288 g/mol. The number of para-hydroxylation sites is 2. The summed E-state index contributed by atoms with van der Waals surface area (Å²) < 4.78 is 0. The first-order valence-corrected chi connectivity index (χ1v) is 7.24. The highest BCUT2D eigenvalue weighted by molar-refractivity contribution is 6.02. The molecule has 0 aliphatic carbocycles. The van der Waals surface area contributed by atoms with Gasteiger partial charge in [-0.25, -0.2) is 9.97 Å². The van der Waals surface area contributed by atoms with Gasteiger partial charge >= 0.3 is 0 Å². The molecular formula is C18H16N4O. The largest absolute Gasteiger partial charge is 0.324 e. The number of hydrogen-bond donors (Lipinski definition) is 2. The van der Waals surface area contributed by atoms with E-state index in [1.807, 2.05) is 61.5 Å². The number of rotatable bonds is 4. The Labute approximate surface area is 134 Å². The number of nitrogens with one attached hydrogen (secondary N) is 2. The number of carbonyl (C=O) groups excluding carboxylic acids is 1. The SMILES string of the molecule is Cc1ccccc1Nc1nccc(C(=O)Nc2ccccc2)n1. The van der Waals surface area contributed by atoms with E-state index >= 15 is 0 Å². The Bertz CT molecular complexity index is 818. The van der Waals surface area contributed by atoms with Crippen molar-refractivity contribution >= 4 is 23.2 Å². The lowest BCUT2D eigenvalue weighted by Crippen LogP contribution is -2.14. The first-order valence-electron chi connectivity index (χ1n) is 7.24. The van der Waals surface area contributed by atoms with Crippen molar-refractivity contribution in [2.24, 2.45) is 0 Å². The third-order valence-electron chi connectivity index (χ3n) is 3.31. The van der Waals surface area contributed by atoms with Crippen molar-refractivity contribution in [2.75, 3.05) is 10.6 Å². The molecule has 0 unspecified atom stereocenters. The van der Waals surface area contributed by atoms with E-state index in [0.717, 1.165) is 16.9 Å². The molecule has 0 fully saturated rings. The topological polar surface area (TPSA) is 66.9 Å². The van der Waals surface area contributed by atoms with E-state index in [1.54, 1.807) is 12.3 Å². The van der Waals surface area contributed by atoms with E-state index in [4.69, 9.17) is 0 Å². The Balaban J connectivity index is 1.77. The maximum absolute atomic E-state index is 12.3. The second-order valence-electron chi connectivity index (χ2n) is 5.03. The fourth-order valence-corrected chi connectivity index (χ4v) is 2.10. The molecule has 3 rings (SSSR count). The van der Waals surface area contributed by atoms with Gasteiger partial charge in [0.1, 0.15) is 5.69 Å². The zero-order valence-corrected chi connectivity index (χ0v) is 12.7. The first-order chi connectivity index (χ1) is 11.2. The molecule has 1 amide bonds.